The van der Waals surface area contributed by atoms with Gasteiger partial charge in [-0.1, -0.05) is 26.8 Å². The lowest BCUT2D eigenvalue weighted by molar-refractivity contribution is -0.116. The summed E-state index contributed by atoms with van der Waals surface area (Å²) >= 11 is 0. The Morgan fingerprint density at radius 3 is 2.48 bits per heavy atom. The van der Waals surface area contributed by atoms with Crippen LogP contribution in [0.15, 0.2) is 18.2 Å². The molecule has 4 N–H and O–H groups in total. The number of rotatable bonds is 5. The molecule has 1 unspecified atom stereocenters. The number of anilines is 1. The Labute approximate surface area is 125 Å². The number of hydrogen-bond acceptors (Lipinski definition) is 3. The minimum Gasteiger partial charge on any atom is -0.478 e. The number of carboxylic acids is 1. The number of aromatic carboxylic acids is 1. The van der Waals surface area contributed by atoms with Crippen LogP contribution in [0.1, 0.15) is 49.5 Å². The third kappa shape index (κ3) is 5.55. The summed E-state index contributed by atoms with van der Waals surface area (Å²) in [6.45, 7) is 7.90. The van der Waals surface area contributed by atoms with Gasteiger partial charge in [0.25, 0.3) is 0 Å². The van der Waals surface area contributed by atoms with E-state index in [-0.39, 0.29) is 29.3 Å². The lowest BCUT2D eigenvalue weighted by atomic mass is 9.87. The van der Waals surface area contributed by atoms with Crippen LogP contribution in [0.3, 0.4) is 0 Å². The summed E-state index contributed by atoms with van der Waals surface area (Å²) in [5, 5.41) is 11.8. The Kier molecular flexibility index (Phi) is 5.49. The number of carboxylic acid groups (broad SMARTS) is 1. The first kappa shape index (κ1) is 17.2. The Balaban J connectivity index is 2.72. The van der Waals surface area contributed by atoms with Crippen LogP contribution in [0.25, 0.3) is 0 Å². The molecule has 1 aromatic carbocycles. The molecule has 116 valence electrons. The molecule has 0 heterocycles. The van der Waals surface area contributed by atoms with Gasteiger partial charge in [-0.15, -0.1) is 0 Å². The highest BCUT2D eigenvalue weighted by Gasteiger charge is 2.19. The van der Waals surface area contributed by atoms with E-state index < -0.39 is 5.97 Å². The van der Waals surface area contributed by atoms with Crippen molar-refractivity contribution in [3.05, 3.63) is 29.3 Å². The first-order chi connectivity index (χ1) is 9.60. The largest absolute Gasteiger partial charge is 0.478 e. The molecule has 0 radical (unpaired) electrons. The SMILES string of the molecule is Cc1c(NC(=O)CC(N)CC(C)(C)C)cccc1C(=O)O. The summed E-state index contributed by atoms with van der Waals surface area (Å²) < 4.78 is 0. The van der Waals surface area contributed by atoms with Gasteiger partial charge >= 0.3 is 5.97 Å². The van der Waals surface area contributed by atoms with Crippen molar-refractivity contribution in [2.45, 2.75) is 46.6 Å². The molecule has 1 aromatic rings. The highest BCUT2D eigenvalue weighted by Crippen LogP contribution is 2.22. The van der Waals surface area contributed by atoms with Crippen LogP contribution in [-0.4, -0.2) is 23.0 Å². The van der Waals surface area contributed by atoms with Crippen LogP contribution in [0.4, 0.5) is 5.69 Å². The van der Waals surface area contributed by atoms with E-state index in [0.717, 1.165) is 6.42 Å². The van der Waals surface area contributed by atoms with Crippen LogP contribution in [0.5, 0.6) is 0 Å². The first-order valence-electron chi connectivity index (χ1n) is 6.98. The topological polar surface area (TPSA) is 92.4 Å². The minimum absolute atomic E-state index is 0.0683. The molecule has 0 aliphatic carbocycles. The third-order valence-corrected chi connectivity index (χ3v) is 3.16. The molecular weight excluding hydrogens is 268 g/mol. The summed E-state index contributed by atoms with van der Waals surface area (Å²) in [6, 6.07) is 4.60. The number of hydrogen-bond donors (Lipinski definition) is 3. The summed E-state index contributed by atoms with van der Waals surface area (Å²) in [7, 11) is 0. The molecule has 0 saturated carbocycles. The predicted molar refractivity (Wildman–Crippen MR) is 83.4 cm³/mol. The first-order valence-corrected chi connectivity index (χ1v) is 6.98. The molecule has 1 atom stereocenters. The van der Waals surface area contributed by atoms with Gasteiger partial charge in [-0.3, -0.25) is 4.79 Å². The molecule has 0 spiro atoms. The van der Waals surface area contributed by atoms with Gasteiger partial charge in [0.2, 0.25) is 5.91 Å². The summed E-state index contributed by atoms with van der Waals surface area (Å²) in [5.74, 6) is -1.20. The lowest BCUT2D eigenvalue weighted by Gasteiger charge is -2.22. The maximum absolute atomic E-state index is 12.0. The molecule has 0 saturated heterocycles. The van der Waals surface area contributed by atoms with Crippen LogP contribution < -0.4 is 11.1 Å². The predicted octanol–water partition coefficient (Wildman–Crippen LogP) is 2.79. The quantitative estimate of drug-likeness (QED) is 0.778. The molecule has 0 aromatic heterocycles. The molecule has 21 heavy (non-hydrogen) atoms. The summed E-state index contributed by atoms with van der Waals surface area (Å²) in [5.41, 5.74) is 7.29. The third-order valence-electron chi connectivity index (χ3n) is 3.16. The summed E-state index contributed by atoms with van der Waals surface area (Å²) in [4.78, 5) is 23.1. The van der Waals surface area contributed by atoms with E-state index in [4.69, 9.17) is 10.8 Å². The van der Waals surface area contributed by atoms with Crippen molar-refractivity contribution in [1.29, 1.82) is 0 Å². The zero-order chi connectivity index (χ0) is 16.2. The average Bonchev–Trinajstić information content (AvgIpc) is 2.28. The number of nitrogens with two attached hydrogens (primary N) is 1. The zero-order valence-corrected chi connectivity index (χ0v) is 13.1. The van der Waals surface area contributed by atoms with Gasteiger partial charge in [0.05, 0.1) is 5.56 Å². The van der Waals surface area contributed by atoms with Crippen molar-refractivity contribution in [3.63, 3.8) is 0 Å². The maximum atomic E-state index is 12.0. The van der Waals surface area contributed by atoms with Gasteiger partial charge in [-0.05, 0) is 36.5 Å². The molecule has 5 heteroatoms. The van der Waals surface area contributed by atoms with E-state index in [1.807, 2.05) is 0 Å². The smallest absolute Gasteiger partial charge is 0.336 e. The molecule has 0 bridgehead atoms. The van der Waals surface area contributed by atoms with E-state index in [9.17, 15) is 9.59 Å². The average molecular weight is 292 g/mol. The number of carbonyl (C=O) groups is 2. The Morgan fingerprint density at radius 1 is 1.33 bits per heavy atom. The van der Waals surface area contributed by atoms with Crippen LogP contribution in [0.2, 0.25) is 0 Å². The molecule has 1 amide bonds. The van der Waals surface area contributed by atoms with Gasteiger partial charge < -0.3 is 16.2 Å². The fourth-order valence-corrected chi connectivity index (χ4v) is 2.30. The normalized spacial score (nSPS) is 12.8. The number of carbonyl (C=O) groups excluding carboxylic acids is 1. The van der Waals surface area contributed by atoms with E-state index in [0.29, 0.717) is 11.3 Å². The zero-order valence-electron chi connectivity index (χ0n) is 13.1. The highest BCUT2D eigenvalue weighted by molar-refractivity contribution is 5.96. The standard InChI is InChI=1S/C16H24N2O3/c1-10-12(15(20)21)6-5-7-13(10)18-14(19)8-11(17)9-16(2,3)4/h5-7,11H,8-9,17H2,1-4H3,(H,18,19)(H,20,21). The van der Waals surface area contributed by atoms with Crippen molar-refractivity contribution >= 4 is 17.6 Å². The molecule has 0 aliphatic heterocycles. The second kappa shape index (κ2) is 6.72. The summed E-state index contributed by atoms with van der Waals surface area (Å²) in [6.07, 6.45) is 0.961. The maximum Gasteiger partial charge on any atom is 0.336 e. The van der Waals surface area contributed by atoms with Crippen molar-refractivity contribution < 1.29 is 14.7 Å². The number of amides is 1. The second-order valence-corrected chi connectivity index (χ2v) is 6.56. The molecule has 5 nitrogen and oxygen atoms in total. The van der Waals surface area contributed by atoms with Gasteiger partial charge in [0.15, 0.2) is 0 Å². The van der Waals surface area contributed by atoms with Gasteiger partial charge in [-0.25, -0.2) is 4.79 Å². The van der Waals surface area contributed by atoms with E-state index in [1.165, 1.54) is 6.07 Å². The number of benzene rings is 1. The fourth-order valence-electron chi connectivity index (χ4n) is 2.30. The van der Waals surface area contributed by atoms with E-state index >= 15 is 0 Å². The van der Waals surface area contributed by atoms with Crippen LogP contribution in [-0.2, 0) is 4.79 Å². The Hall–Kier alpha value is -1.88. The van der Waals surface area contributed by atoms with E-state index in [2.05, 4.69) is 26.1 Å². The molecule has 1 rings (SSSR count). The van der Waals surface area contributed by atoms with Gasteiger partial charge in [-0.2, -0.15) is 0 Å². The van der Waals surface area contributed by atoms with Crippen LogP contribution >= 0.6 is 0 Å². The van der Waals surface area contributed by atoms with Gasteiger partial charge in [0.1, 0.15) is 0 Å². The van der Waals surface area contributed by atoms with E-state index in [1.54, 1.807) is 19.1 Å². The van der Waals surface area contributed by atoms with Gasteiger partial charge in [0, 0.05) is 18.2 Å². The Bertz CT molecular complexity index is 533. The Morgan fingerprint density at radius 2 is 1.95 bits per heavy atom. The second-order valence-electron chi connectivity index (χ2n) is 6.56. The highest BCUT2D eigenvalue weighted by atomic mass is 16.4. The van der Waals surface area contributed by atoms with Crippen molar-refractivity contribution in [1.82, 2.24) is 0 Å². The lowest BCUT2D eigenvalue weighted by Crippen LogP contribution is -2.31. The molecule has 0 aliphatic rings. The minimum atomic E-state index is -1.01. The van der Waals surface area contributed by atoms with Crippen LogP contribution in [0, 0.1) is 12.3 Å². The molecule has 0 fully saturated rings. The monoisotopic (exact) mass is 292 g/mol. The number of nitrogens with one attached hydrogen (secondary N) is 1. The van der Waals surface area contributed by atoms with Crippen molar-refractivity contribution in [3.8, 4) is 0 Å². The molecular formula is C16H24N2O3. The van der Waals surface area contributed by atoms with Crippen molar-refractivity contribution in [2.75, 3.05) is 5.32 Å². The van der Waals surface area contributed by atoms with Crippen molar-refractivity contribution in [2.24, 2.45) is 11.1 Å². The fraction of sp³-hybridized carbons (Fsp3) is 0.500.